The number of aryl methyl sites for hydroxylation is 3. The second-order valence-electron chi connectivity index (χ2n) is 7.37. The maximum Gasteiger partial charge on any atom is 0.143 e. The zero-order valence-corrected chi connectivity index (χ0v) is 15.6. The maximum absolute atomic E-state index is 11.1. The Morgan fingerprint density at radius 2 is 2.00 bits per heavy atom. The Kier molecular flexibility index (Phi) is 4.47. The standard InChI is InChI=1S/C20H27N3O2/c1-6-9-14-16(12(2)25-22-14)18-17(19(24)20(3,4)21)13-10-7-8-11-15(13)23(18)5/h7-8,10-11,19,24H,6,9,21H2,1-5H3. The molecule has 0 aliphatic heterocycles. The first-order valence-electron chi connectivity index (χ1n) is 8.77. The van der Waals surface area contributed by atoms with Gasteiger partial charge in [0.05, 0.1) is 23.1 Å². The molecule has 2 aromatic heterocycles. The lowest BCUT2D eigenvalue weighted by molar-refractivity contribution is 0.106. The highest BCUT2D eigenvalue weighted by atomic mass is 16.5. The van der Waals surface area contributed by atoms with Crippen LogP contribution in [0.5, 0.6) is 0 Å². The Balaban J connectivity index is 2.39. The SMILES string of the molecule is CCCc1noc(C)c1-c1c(C(O)C(C)(C)N)c2ccccc2n1C. The largest absolute Gasteiger partial charge is 0.386 e. The molecule has 134 valence electrons. The van der Waals surface area contributed by atoms with Crippen LogP contribution in [0.25, 0.3) is 22.2 Å². The number of fused-ring (bicyclic) bond motifs is 1. The third-order valence-corrected chi connectivity index (χ3v) is 4.78. The zero-order chi connectivity index (χ0) is 18.4. The van der Waals surface area contributed by atoms with Crippen LogP contribution < -0.4 is 5.73 Å². The molecule has 3 rings (SSSR count). The molecule has 1 atom stereocenters. The van der Waals surface area contributed by atoms with Gasteiger partial charge in [0.1, 0.15) is 5.76 Å². The molecule has 0 saturated heterocycles. The number of hydrogen-bond acceptors (Lipinski definition) is 4. The van der Waals surface area contributed by atoms with E-state index in [2.05, 4.69) is 22.7 Å². The van der Waals surface area contributed by atoms with Crippen molar-refractivity contribution in [3.05, 3.63) is 41.3 Å². The van der Waals surface area contributed by atoms with Crippen LogP contribution in [0.2, 0.25) is 0 Å². The number of para-hydroxylation sites is 1. The van der Waals surface area contributed by atoms with Crippen LogP contribution in [0.15, 0.2) is 28.8 Å². The molecule has 0 spiro atoms. The number of nitrogens with two attached hydrogens (primary N) is 1. The quantitative estimate of drug-likeness (QED) is 0.738. The van der Waals surface area contributed by atoms with E-state index in [0.29, 0.717) is 0 Å². The lowest BCUT2D eigenvalue weighted by Crippen LogP contribution is -2.39. The third kappa shape index (κ3) is 2.87. The fraction of sp³-hybridized carbons (Fsp3) is 0.450. The van der Waals surface area contributed by atoms with Crippen LogP contribution in [0.3, 0.4) is 0 Å². The van der Waals surface area contributed by atoms with Crippen molar-refractivity contribution in [2.24, 2.45) is 12.8 Å². The van der Waals surface area contributed by atoms with Crippen molar-refractivity contribution in [1.29, 1.82) is 0 Å². The second kappa shape index (κ2) is 6.32. The van der Waals surface area contributed by atoms with E-state index >= 15 is 0 Å². The number of aromatic nitrogens is 2. The summed E-state index contributed by atoms with van der Waals surface area (Å²) in [6.07, 6.45) is 0.997. The lowest BCUT2D eigenvalue weighted by atomic mass is 9.88. The highest BCUT2D eigenvalue weighted by Crippen LogP contribution is 2.42. The molecule has 0 fully saturated rings. The summed E-state index contributed by atoms with van der Waals surface area (Å²) in [6.45, 7) is 7.73. The highest BCUT2D eigenvalue weighted by Gasteiger charge is 2.33. The van der Waals surface area contributed by atoms with Crippen LogP contribution in [-0.4, -0.2) is 20.4 Å². The molecule has 2 heterocycles. The third-order valence-electron chi connectivity index (χ3n) is 4.78. The summed E-state index contributed by atoms with van der Waals surface area (Å²) in [6, 6.07) is 8.08. The average Bonchev–Trinajstić information content (AvgIpc) is 3.04. The fourth-order valence-electron chi connectivity index (χ4n) is 3.50. The monoisotopic (exact) mass is 341 g/mol. The first-order chi connectivity index (χ1) is 11.8. The van der Waals surface area contributed by atoms with Gasteiger partial charge in [0, 0.05) is 29.1 Å². The van der Waals surface area contributed by atoms with Gasteiger partial charge < -0.3 is 19.9 Å². The molecule has 0 amide bonds. The predicted octanol–water partition coefficient (Wildman–Crippen LogP) is 3.86. The van der Waals surface area contributed by atoms with E-state index in [-0.39, 0.29) is 0 Å². The number of benzene rings is 1. The van der Waals surface area contributed by atoms with E-state index < -0.39 is 11.6 Å². The Hall–Kier alpha value is -2.11. The molecule has 25 heavy (non-hydrogen) atoms. The van der Waals surface area contributed by atoms with Crippen molar-refractivity contribution in [2.45, 2.75) is 52.2 Å². The van der Waals surface area contributed by atoms with Gasteiger partial charge in [-0.3, -0.25) is 0 Å². The molecular weight excluding hydrogens is 314 g/mol. The summed E-state index contributed by atoms with van der Waals surface area (Å²) >= 11 is 0. The van der Waals surface area contributed by atoms with Gasteiger partial charge in [-0.25, -0.2) is 0 Å². The summed E-state index contributed by atoms with van der Waals surface area (Å²) in [4.78, 5) is 0. The van der Waals surface area contributed by atoms with Crippen molar-refractivity contribution in [3.63, 3.8) is 0 Å². The molecule has 0 aliphatic rings. The number of aliphatic hydroxyl groups excluding tert-OH is 1. The van der Waals surface area contributed by atoms with Crippen molar-refractivity contribution in [1.82, 2.24) is 9.72 Å². The van der Waals surface area contributed by atoms with Gasteiger partial charge in [-0.2, -0.15) is 0 Å². The Labute approximate surface area is 148 Å². The Morgan fingerprint density at radius 1 is 1.32 bits per heavy atom. The molecule has 0 radical (unpaired) electrons. The molecule has 0 saturated carbocycles. The molecular formula is C20H27N3O2. The molecule has 5 nitrogen and oxygen atoms in total. The molecule has 0 bridgehead atoms. The van der Waals surface area contributed by atoms with Crippen LogP contribution in [0.4, 0.5) is 0 Å². The molecule has 0 aliphatic carbocycles. The molecule has 3 aromatic rings. The predicted molar refractivity (Wildman–Crippen MR) is 100 cm³/mol. The van der Waals surface area contributed by atoms with Crippen LogP contribution >= 0.6 is 0 Å². The van der Waals surface area contributed by atoms with Gasteiger partial charge in [0.15, 0.2) is 0 Å². The maximum atomic E-state index is 11.1. The molecule has 3 N–H and O–H groups in total. The minimum Gasteiger partial charge on any atom is -0.386 e. The summed E-state index contributed by atoms with van der Waals surface area (Å²) in [5, 5.41) is 16.3. The minimum atomic E-state index is -0.808. The van der Waals surface area contributed by atoms with Gasteiger partial charge in [0.2, 0.25) is 0 Å². The topological polar surface area (TPSA) is 77.2 Å². The molecule has 1 unspecified atom stereocenters. The number of aliphatic hydroxyl groups is 1. The van der Waals surface area contributed by atoms with E-state index in [4.69, 9.17) is 10.3 Å². The first-order valence-corrected chi connectivity index (χ1v) is 8.77. The average molecular weight is 341 g/mol. The van der Waals surface area contributed by atoms with Gasteiger partial charge in [-0.05, 0) is 33.3 Å². The molecule has 5 heteroatoms. The lowest BCUT2D eigenvalue weighted by Gasteiger charge is -2.27. The van der Waals surface area contributed by atoms with Crippen molar-refractivity contribution in [2.75, 3.05) is 0 Å². The zero-order valence-electron chi connectivity index (χ0n) is 15.6. The Bertz CT molecular complexity index is 900. The van der Waals surface area contributed by atoms with E-state index in [1.807, 2.05) is 46.0 Å². The highest BCUT2D eigenvalue weighted by molar-refractivity contribution is 5.93. The van der Waals surface area contributed by atoms with Crippen molar-refractivity contribution >= 4 is 10.9 Å². The fourth-order valence-corrected chi connectivity index (χ4v) is 3.50. The van der Waals surface area contributed by atoms with Crippen molar-refractivity contribution in [3.8, 4) is 11.3 Å². The van der Waals surface area contributed by atoms with E-state index in [9.17, 15) is 5.11 Å². The van der Waals surface area contributed by atoms with Crippen LogP contribution in [0, 0.1) is 6.92 Å². The number of rotatable bonds is 5. The van der Waals surface area contributed by atoms with E-state index in [0.717, 1.165) is 52.0 Å². The minimum absolute atomic E-state index is 0.762. The number of hydrogen-bond donors (Lipinski definition) is 2. The van der Waals surface area contributed by atoms with Gasteiger partial charge in [-0.1, -0.05) is 36.7 Å². The van der Waals surface area contributed by atoms with Crippen molar-refractivity contribution < 1.29 is 9.63 Å². The van der Waals surface area contributed by atoms with E-state index in [1.165, 1.54) is 0 Å². The summed E-state index contributed by atoms with van der Waals surface area (Å²) in [7, 11) is 2.01. The smallest absolute Gasteiger partial charge is 0.143 e. The summed E-state index contributed by atoms with van der Waals surface area (Å²) in [5.74, 6) is 0.762. The summed E-state index contributed by atoms with van der Waals surface area (Å²) in [5.41, 5.74) is 10.2. The Morgan fingerprint density at radius 3 is 2.64 bits per heavy atom. The van der Waals surface area contributed by atoms with Gasteiger partial charge >= 0.3 is 0 Å². The molecule has 1 aromatic carbocycles. The summed E-state index contributed by atoms with van der Waals surface area (Å²) < 4.78 is 7.61. The first kappa shape index (κ1) is 17.7. The van der Waals surface area contributed by atoms with E-state index in [1.54, 1.807) is 0 Å². The van der Waals surface area contributed by atoms with Crippen LogP contribution in [-0.2, 0) is 13.5 Å². The van der Waals surface area contributed by atoms with Gasteiger partial charge in [-0.15, -0.1) is 0 Å². The second-order valence-corrected chi connectivity index (χ2v) is 7.37. The normalized spacial score (nSPS) is 13.6. The number of nitrogens with zero attached hydrogens (tertiary/aromatic N) is 2. The van der Waals surface area contributed by atoms with Crippen LogP contribution in [0.1, 0.15) is 50.3 Å². The van der Waals surface area contributed by atoms with Gasteiger partial charge in [0.25, 0.3) is 0 Å².